The summed E-state index contributed by atoms with van der Waals surface area (Å²) >= 11 is 0. The zero-order chi connectivity index (χ0) is 13.8. The highest BCUT2D eigenvalue weighted by Crippen LogP contribution is 2.37. The second kappa shape index (κ2) is 5.94. The molecule has 0 bridgehead atoms. The Hall–Kier alpha value is -1.73. The van der Waals surface area contributed by atoms with Crippen molar-refractivity contribution in [2.75, 3.05) is 27.3 Å². The van der Waals surface area contributed by atoms with E-state index in [-0.39, 0.29) is 0 Å². The van der Waals surface area contributed by atoms with E-state index in [4.69, 9.17) is 14.7 Å². The fraction of sp³-hybridized carbons (Fsp3) is 0.533. The Balaban J connectivity index is 2.30. The molecule has 0 saturated heterocycles. The molecule has 102 valence electrons. The topological polar surface area (TPSA) is 45.5 Å². The van der Waals surface area contributed by atoms with Crippen LogP contribution in [-0.2, 0) is 6.42 Å². The molecule has 1 aromatic rings. The number of hydrogen-bond donors (Lipinski definition) is 0. The van der Waals surface area contributed by atoms with Crippen LogP contribution in [0, 0.1) is 11.3 Å². The Kier molecular flexibility index (Phi) is 4.28. The number of methoxy groups -OCH3 is 2. The Bertz CT molecular complexity index is 494. The first kappa shape index (κ1) is 13.7. The molecular formula is C15H20N2O2. The van der Waals surface area contributed by atoms with Crippen LogP contribution >= 0.6 is 0 Å². The van der Waals surface area contributed by atoms with Gasteiger partial charge >= 0.3 is 0 Å². The van der Waals surface area contributed by atoms with Gasteiger partial charge in [-0.05, 0) is 36.6 Å². The lowest BCUT2D eigenvalue weighted by molar-refractivity contribution is 0.202. The van der Waals surface area contributed by atoms with Gasteiger partial charge < -0.3 is 9.47 Å². The molecule has 4 heteroatoms. The smallest absolute Gasteiger partial charge is 0.161 e. The average molecular weight is 260 g/mol. The summed E-state index contributed by atoms with van der Waals surface area (Å²) in [5.74, 6) is 1.56. The molecule has 2 rings (SSSR count). The van der Waals surface area contributed by atoms with E-state index in [0.29, 0.717) is 12.5 Å². The Labute approximate surface area is 114 Å². The summed E-state index contributed by atoms with van der Waals surface area (Å²) in [5, 5.41) is 8.72. The molecule has 19 heavy (non-hydrogen) atoms. The molecule has 0 aromatic heterocycles. The Morgan fingerprint density at radius 3 is 2.63 bits per heavy atom. The van der Waals surface area contributed by atoms with Crippen LogP contribution in [0.25, 0.3) is 0 Å². The van der Waals surface area contributed by atoms with Crippen LogP contribution in [-0.4, -0.2) is 32.2 Å². The predicted octanol–water partition coefficient (Wildman–Crippen LogP) is 2.54. The van der Waals surface area contributed by atoms with E-state index in [1.165, 1.54) is 11.1 Å². The third kappa shape index (κ3) is 2.66. The van der Waals surface area contributed by atoms with Gasteiger partial charge in [-0.2, -0.15) is 5.26 Å². The van der Waals surface area contributed by atoms with Crippen molar-refractivity contribution in [3.05, 3.63) is 23.3 Å². The van der Waals surface area contributed by atoms with Crippen molar-refractivity contribution in [1.29, 1.82) is 5.26 Å². The number of rotatable bonds is 4. The molecule has 1 aromatic carbocycles. The largest absolute Gasteiger partial charge is 0.493 e. The molecular weight excluding hydrogens is 240 g/mol. The third-order valence-electron chi connectivity index (χ3n) is 3.82. The number of benzene rings is 1. The monoisotopic (exact) mass is 260 g/mol. The summed E-state index contributed by atoms with van der Waals surface area (Å²) in [5.41, 5.74) is 2.60. The van der Waals surface area contributed by atoms with Gasteiger partial charge in [0.1, 0.15) is 0 Å². The predicted molar refractivity (Wildman–Crippen MR) is 73.5 cm³/mol. The first-order valence-corrected chi connectivity index (χ1v) is 6.57. The molecule has 1 aliphatic rings. The molecule has 1 heterocycles. The molecule has 4 nitrogen and oxygen atoms in total. The van der Waals surface area contributed by atoms with Gasteiger partial charge in [-0.25, -0.2) is 0 Å². The van der Waals surface area contributed by atoms with Crippen molar-refractivity contribution in [3.63, 3.8) is 0 Å². The molecule has 0 aliphatic carbocycles. The fourth-order valence-electron chi connectivity index (χ4n) is 2.70. The van der Waals surface area contributed by atoms with Crippen LogP contribution in [0.4, 0.5) is 0 Å². The number of hydrogen-bond acceptors (Lipinski definition) is 4. The lowest BCUT2D eigenvalue weighted by Crippen LogP contribution is -2.34. The number of ether oxygens (including phenoxy) is 2. The molecule has 0 amide bonds. The molecule has 0 radical (unpaired) electrons. The van der Waals surface area contributed by atoms with Crippen LogP contribution in [0.15, 0.2) is 12.1 Å². The highest BCUT2D eigenvalue weighted by molar-refractivity contribution is 5.49. The van der Waals surface area contributed by atoms with Crippen LogP contribution in [0.2, 0.25) is 0 Å². The summed E-state index contributed by atoms with van der Waals surface area (Å²) in [7, 11) is 3.32. The summed E-state index contributed by atoms with van der Waals surface area (Å²) < 4.78 is 10.7. The standard InChI is InChI=1S/C15H20N2O2/c1-11-13-10-15(19-3)14(18-2)9-12(13)5-8-17(11)7-4-6-16/h9-11H,4-5,7-8H2,1-3H3/t11-/m1/s1. The molecule has 0 saturated carbocycles. The maximum absolute atomic E-state index is 8.72. The van der Waals surface area contributed by atoms with Crippen molar-refractivity contribution in [3.8, 4) is 17.6 Å². The van der Waals surface area contributed by atoms with Crippen LogP contribution < -0.4 is 9.47 Å². The van der Waals surface area contributed by atoms with E-state index in [2.05, 4.69) is 30.0 Å². The van der Waals surface area contributed by atoms with Crippen molar-refractivity contribution >= 4 is 0 Å². The Morgan fingerprint density at radius 1 is 1.32 bits per heavy atom. The molecule has 1 atom stereocenters. The molecule has 0 N–H and O–H groups in total. The molecule has 0 unspecified atom stereocenters. The van der Waals surface area contributed by atoms with Gasteiger partial charge in [-0.1, -0.05) is 0 Å². The van der Waals surface area contributed by atoms with Gasteiger partial charge in [0, 0.05) is 25.6 Å². The minimum absolute atomic E-state index is 0.317. The molecule has 1 aliphatic heterocycles. The molecule has 0 fully saturated rings. The van der Waals surface area contributed by atoms with E-state index in [1.54, 1.807) is 14.2 Å². The maximum atomic E-state index is 8.72. The van der Waals surface area contributed by atoms with E-state index < -0.39 is 0 Å². The highest BCUT2D eigenvalue weighted by Gasteiger charge is 2.25. The number of nitrogens with zero attached hydrogens (tertiary/aromatic N) is 2. The van der Waals surface area contributed by atoms with Crippen molar-refractivity contribution < 1.29 is 9.47 Å². The zero-order valence-electron chi connectivity index (χ0n) is 11.8. The third-order valence-corrected chi connectivity index (χ3v) is 3.82. The minimum Gasteiger partial charge on any atom is -0.493 e. The van der Waals surface area contributed by atoms with Gasteiger partial charge in [0.2, 0.25) is 0 Å². The second-order valence-corrected chi connectivity index (χ2v) is 4.78. The van der Waals surface area contributed by atoms with E-state index in [9.17, 15) is 0 Å². The second-order valence-electron chi connectivity index (χ2n) is 4.78. The number of fused-ring (bicyclic) bond motifs is 1. The normalized spacial score (nSPS) is 18.5. The maximum Gasteiger partial charge on any atom is 0.161 e. The summed E-state index contributed by atoms with van der Waals surface area (Å²) in [6.07, 6.45) is 1.57. The number of nitriles is 1. The highest BCUT2D eigenvalue weighted by atomic mass is 16.5. The van der Waals surface area contributed by atoms with Crippen LogP contribution in [0.3, 0.4) is 0 Å². The van der Waals surface area contributed by atoms with Crippen LogP contribution in [0.5, 0.6) is 11.5 Å². The average Bonchev–Trinajstić information content (AvgIpc) is 2.45. The summed E-state index contributed by atoms with van der Waals surface area (Å²) in [6, 6.07) is 6.67. The minimum atomic E-state index is 0.317. The zero-order valence-corrected chi connectivity index (χ0v) is 11.8. The quantitative estimate of drug-likeness (QED) is 0.834. The van der Waals surface area contributed by atoms with Gasteiger partial charge in [-0.3, -0.25) is 4.90 Å². The lowest BCUT2D eigenvalue weighted by Gasteiger charge is -2.35. The summed E-state index contributed by atoms with van der Waals surface area (Å²) in [4.78, 5) is 2.34. The van der Waals surface area contributed by atoms with Gasteiger partial charge in [0.15, 0.2) is 11.5 Å². The van der Waals surface area contributed by atoms with E-state index in [0.717, 1.165) is 31.0 Å². The fourth-order valence-corrected chi connectivity index (χ4v) is 2.70. The van der Waals surface area contributed by atoms with Crippen molar-refractivity contribution in [2.24, 2.45) is 0 Å². The van der Waals surface area contributed by atoms with Crippen molar-refractivity contribution in [1.82, 2.24) is 4.90 Å². The van der Waals surface area contributed by atoms with Gasteiger partial charge in [-0.15, -0.1) is 0 Å². The first-order valence-electron chi connectivity index (χ1n) is 6.57. The summed E-state index contributed by atoms with van der Waals surface area (Å²) in [6.45, 7) is 4.00. The molecule has 0 spiro atoms. The first-order chi connectivity index (χ1) is 9.21. The lowest BCUT2D eigenvalue weighted by atomic mass is 9.92. The van der Waals surface area contributed by atoms with E-state index >= 15 is 0 Å². The van der Waals surface area contributed by atoms with E-state index in [1.807, 2.05) is 0 Å². The van der Waals surface area contributed by atoms with Crippen molar-refractivity contribution in [2.45, 2.75) is 25.8 Å². The van der Waals surface area contributed by atoms with Crippen LogP contribution in [0.1, 0.15) is 30.5 Å². The SMILES string of the molecule is COc1cc2c(cc1OC)[C@@H](C)N(CCC#N)CC2. The van der Waals surface area contributed by atoms with Gasteiger partial charge in [0.25, 0.3) is 0 Å². The van der Waals surface area contributed by atoms with Gasteiger partial charge in [0.05, 0.1) is 20.3 Å². The Morgan fingerprint density at radius 2 is 2.00 bits per heavy atom.